The van der Waals surface area contributed by atoms with Crippen LogP contribution in [0.1, 0.15) is 24.0 Å². The van der Waals surface area contributed by atoms with Crippen molar-refractivity contribution in [1.29, 1.82) is 0 Å². The number of carbonyl (C=O) groups is 2. The van der Waals surface area contributed by atoms with Gasteiger partial charge in [-0.25, -0.2) is 14.4 Å². The van der Waals surface area contributed by atoms with E-state index in [2.05, 4.69) is 20.2 Å². The molecule has 9 nitrogen and oxygen atoms in total. The SMILES string of the molecule is O=C(CN1CCC(OC(F)F)(C(=O)Cc2ccc3[nH]nc(-c4ccc(F)cc4)c3c2)C1)N1CC=C(c2ccc(-c3ncccn3)cc2)CC1. The molecule has 5 aromatic rings. The number of carbonyl (C=O) groups excluding carboxylic acids is 2. The van der Waals surface area contributed by atoms with Crippen LogP contribution in [-0.4, -0.2) is 86.6 Å². The number of nitrogens with one attached hydrogen (secondary N) is 1. The summed E-state index contributed by atoms with van der Waals surface area (Å²) in [6.07, 6.45) is 6.02. The monoisotopic (exact) mass is 666 g/mol. The molecule has 3 aromatic carbocycles. The molecule has 0 aliphatic carbocycles. The molecule has 49 heavy (non-hydrogen) atoms. The molecule has 12 heteroatoms. The smallest absolute Gasteiger partial charge is 0.338 e. The van der Waals surface area contributed by atoms with E-state index in [1.54, 1.807) is 58.6 Å². The fraction of sp³-hybridized carbons (Fsp3) is 0.270. The highest BCUT2D eigenvalue weighted by Gasteiger charge is 2.47. The molecule has 2 aliphatic heterocycles. The van der Waals surface area contributed by atoms with Crippen LogP contribution in [0.4, 0.5) is 13.2 Å². The molecule has 250 valence electrons. The summed E-state index contributed by atoms with van der Waals surface area (Å²) in [5.74, 6) is -0.330. The van der Waals surface area contributed by atoms with Gasteiger partial charge in [0.2, 0.25) is 5.91 Å². The van der Waals surface area contributed by atoms with E-state index in [0.29, 0.717) is 42.2 Å². The molecule has 2 aromatic heterocycles. The average Bonchev–Trinajstić information content (AvgIpc) is 3.73. The van der Waals surface area contributed by atoms with Gasteiger partial charge in [0.05, 0.1) is 17.8 Å². The van der Waals surface area contributed by atoms with Crippen molar-refractivity contribution in [3.8, 4) is 22.6 Å². The van der Waals surface area contributed by atoms with Crippen molar-refractivity contribution in [3.63, 3.8) is 0 Å². The zero-order valence-electron chi connectivity index (χ0n) is 26.5. The second-order valence-electron chi connectivity index (χ2n) is 12.4. The van der Waals surface area contributed by atoms with E-state index in [-0.39, 0.29) is 44.2 Å². The van der Waals surface area contributed by atoms with Crippen molar-refractivity contribution < 1.29 is 27.5 Å². The lowest BCUT2D eigenvalue weighted by atomic mass is 9.91. The number of hydrogen-bond donors (Lipinski definition) is 1. The summed E-state index contributed by atoms with van der Waals surface area (Å²) in [4.78, 5) is 39.0. The molecule has 4 heterocycles. The van der Waals surface area contributed by atoms with Crippen molar-refractivity contribution >= 4 is 28.2 Å². The molecule has 0 bridgehead atoms. The number of ether oxygens (including phenoxy) is 1. The van der Waals surface area contributed by atoms with Gasteiger partial charge in [0.25, 0.3) is 0 Å². The molecule has 7 rings (SSSR count). The molecule has 1 atom stereocenters. The third-order valence-electron chi connectivity index (χ3n) is 9.24. The quantitative estimate of drug-likeness (QED) is 0.197. The number of aromatic nitrogens is 4. The van der Waals surface area contributed by atoms with Crippen LogP contribution < -0.4 is 0 Å². The summed E-state index contributed by atoms with van der Waals surface area (Å²) < 4.78 is 46.0. The Kier molecular flexibility index (Phi) is 9.07. The van der Waals surface area contributed by atoms with E-state index in [9.17, 15) is 22.8 Å². The fourth-order valence-electron chi connectivity index (χ4n) is 6.63. The summed E-state index contributed by atoms with van der Waals surface area (Å²) >= 11 is 0. The van der Waals surface area contributed by atoms with Crippen molar-refractivity contribution in [3.05, 3.63) is 108 Å². The predicted molar refractivity (Wildman–Crippen MR) is 178 cm³/mol. The maximum atomic E-state index is 13.7. The Morgan fingerprint density at radius 3 is 2.39 bits per heavy atom. The van der Waals surface area contributed by atoms with Gasteiger partial charge < -0.3 is 9.64 Å². The highest BCUT2D eigenvalue weighted by atomic mass is 19.3. The van der Waals surface area contributed by atoms with E-state index in [1.807, 2.05) is 30.3 Å². The van der Waals surface area contributed by atoms with Crippen LogP contribution in [0.3, 0.4) is 0 Å². The molecule has 0 radical (unpaired) electrons. The highest BCUT2D eigenvalue weighted by molar-refractivity contribution is 5.95. The summed E-state index contributed by atoms with van der Waals surface area (Å²) in [5.41, 5.74) is 3.98. The lowest BCUT2D eigenvalue weighted by Gasteiger charge is -2.30. The number of Topliss-reactive ketones (excluding diaryl/α,β-unsaturated/α-hetero) is 1. The number of alkyl halides is 2. The normalized spacial score (nSPS) is 18.3. The van der Waals surface area contributed by atoms with Crippen molar-refractivity contribution in [2.24, 2.45) is 0 Å². The summed E-state index contributed by atoms with van der Waals surface area (Å²) in [6, 6.07) is 21.0. The van der Waals surface area contributed by atoms with Crippen LogP contribution in [0, 0.1) is 5.82 Å². The number of aromatic amines is 1. The number of ketones is 1. The van der Waals surface area contributed by atoms with Gasteiger partial charge >= 0.3 is 6.61 Å². The van der Waals surface area contributed by atoms with Gasteiger partial charge in [-0.15, -0.1) is 0 Å². The van der Waals surface area contributed by atoms with Crippen LogP contribution >= 0.6 is 0 Å². The minimum absolute atomic E-state index is 0.00141. The highest BCUT2D eigenvalue weighted by Crippen LogP contribution is 2.33. The molecule has 1 fully saturated rings. The van der Waals surface area contributed by atoms with Gasteiger partial charge in [0, 0.05) is 61.5 Å². The number of nitrogens with zero attached hydrogens (tertiary/aromatic N) is 5. The van der Waals surface area contributed by atoms with Crippen molar-refractivity contribution in [1.82, 2.24) is 30.0 Å². The molecule has 0 spiro atoms. The first kappa shape index (κ1) is 32.4. The van der Waals surface area contributed by atoms with E-state index in [0.717, 1.165) is 27.6 Å². The Bertz CT molecular complexity index is 2000. The number of fused-ring (bicyclic) bond motifs is 1. The molecule has 2 aliphatic rings. The molecule has 1 unspecified atom stereocenters. The standard InChI is InChI=1S/C37H33F3N6O3/c38-29-9-7-27(8-10-29)34-30-20-24(2-11-31(30)43-44-34)21-32(47)37(49-36(39)40)14-19-45(23-37)22-33(48)46-17-12-26(13-18-46)25-3-5-28(6-4-25)35-41-15-1-16-42-35/h1-12,15-16,20,36H,13-14,17-19,21-23H2,(H,43,44). The minimum atomic E-state index is -3.15. The largest absolute Gasteiger partial charge is 0.346 e. The number of halogens is 3. The van der Waals surface area contributed by atoms with Gasteiger partial charge in [0.15, 0.2) is 11.6 Å². The number of benzene rings is 3. The number of rotatable bonds is 10. The predicted octanol–water partition coefficient (Wildman–Crippen LogP) is 5.94. The van der Waals surface area contributed by atoms with Crippen LogP contribution in [0.15, 0.2) is 91.3 Å². The minimum Gasteiger partial charge on any atom is -0.338 e. The lowest BCUT2D eigenvalue weighted by Crippen LogP contribution is -2.48. The Labute approximate surface area is 280 Å². The van der Waals surface area contributed by atoms with Crippen LogP contribution in [0.2, 0.25) is 0 Å². The first-order chi connectivity index (χ1) is 23.8. The molecular formula is C37H33F3N6O3. The van der Waals surface area contributed by atoms with E-state index >= 15 is 0 Å². The molecule has 1 N–H and O–H groups in total. The fourth-order valence-corrected chi connectivity index (χ4v) is 6.63. The van der Waals surface area contributed by atoms with Crippen LogP contribution in [0.25, 0.3) is 39.1 Å². The molecule has 0 saturated carbocycles. The number of likely N-dealkylation sites (tertiary alicyclic amines) is 1. The van der Waals surface area contributed by atoms with E-state index < -0.39 is 18.0 Å². The lowest BCUT2D eigenvalue weighted by molar-refractivity contribution is -0.205. The summed E-state index contributed by atoms with van der Waals surface area (Å²) in [5, 5.41) is 8.00. The number of H-pyrrole nitrogens is 1. The topological polar surface area (TPSA) is 104 Å². The average molecular weight is 667 g/mol. The third-order valence-corrected chi connectivity index (χ3v) is 9.24. The maximum Gasteiger partial charge on any atom is 0.346 e. The Balaban J connectivity index is 0.989. The van der Waals surface area contributed by atoms with Gasteiger partial charge in [-0.2, -0.15) is 13.9 Å². The molecule has 1 amide bonds. The Hall–Kier alpha value is -5.20. The second kappa shape index (κ2) is 13.7. The van der Waals surface area contributed by atoms with E-state index in [1.165, 1.54) is 12.1 Å². The summed E-state index contributed by atoms with van der Waals surface area (Å²) in [7, 11) is 0. The third kappa shape index (κ3) is 7.01. The van der Waals surface area contributed by atoms with Crippen molar-refractivity contribution in [2.75, 3.05) is 32.7 Å². The van der Waals surface area contributed by atoms with Gasteiger partial charge in [-0.05, 0) is 72.0 Å². The zero-order valence-corrected chi connectivity index (χ0v) is 26.5. The second-order valence-corrected chi connectivity index (χ2v) is 12.4. The molecule has 1 saturated heterocycles. The first-order valence-electron chi connectivity index (χ1n) is 16.1. The number of hydrogen-bond acceptors (Lipinski definition) is 7. The van der Waals surface area contributed by atoms with Gasteiger partial charge in [-0.1, -0.05) is 36.4 Å². The van der Waals surface area contributed by atoms with E-state index in [4.69, 9.17) is 4.74 Å². The van der Waals surface area contributed by atoms with Crippen LogP contribution in [-0.2, 0) is 20.7 Å². The van der Waals surface area contributed by atoms with Crippen LogP contribution in [0.5, 0.6) is 0 Å². The first-order valence-corrected chi connectivity index (χ1v) is 16.1. The maximum absolute atomic E-state index is 13.7. The Morgan fingerprint density at radius 2 is 1.67 bits per heavy atom. The zero-order chi connectivity index (χ0) is 34.0. The summed E-state index contributed by atoms with van der Waals surface area (Å²) in [6.45, 7) is -2.04. The Morgan fingerprint density at radius 1 is 0.939 bits per heavy atom. The van der Waals surface area contributed by atoms with Gasteiger partial charge in [0.1, 0.15) is 11.4 Å². The van der Waals surface area contributed by atoms with Gasteiger partial charge in [-0.3, -0.25) is 19.6 Å². The van der Waals surface area contributed by atoms with Crippen molar-refractivity contribution in [2.45, 2.75) is 31.5 Å². The molecular weight excluding hydrogens is 633 g/mol. The number of amides is 1.